The van der Waals surface area contributed by atoms with Crippen LogP contribution in [0.1, 0.15) is 5.56 Å². The first kappa shape index (κ1) is 18.2. The molecule has 0 atom stereocenters. The van der Waals surface area contributed by atoms with Gasteiger partial charge in [0.15, 0.2) is 11.8 Å². The van der Waals surface area contributed by atoms with E-state index in [2.05, 4.69) is 15.0 Å². The molecule has 1 amide bonds. The highest BCUT2D eigenvalue weighted by molar-refractivity contribution is 7.99. The molecule has 0 aliphatic carbocycles. The maximum absolute atomic E-state index is 11.9. The number of imidazole rings is 1. The van der Waals surface area contributed by atoms with Crippen LogP contribution in [0, 0.1) is 6.92 Å². The molecule has 2 aromatic rings. The molecule has 0 aliphatic heterocycles. The second-order valence-corrected chi connectivity index (χ2v) is 5.95. The molecule has 0 saturated heterocycles. The van der Waals surface area contributed by atoms with Gasteiger partial charge >= 0.3 is 12.3 Å². The summed E-state index contributed by atoms with van der Waals surface area (Å²) in [4.78, 5) is 15.4. The lowest BCUT2D eigenvalue weighted by Crippen LogP contribution is -2.30. The lowest BCUT2D eigenvalue weighted by molar-refractivity contribution is -0.160. The molecule has 130 valence electrons. The number of amides is 1. The number of aryl methyl sites for hydroxylation is 1. The number of hydrogen-bond donors (Lipinski definition) is 1. The number of rotatable bonds is 6. The molecule has 0 aliphatic rings. The Balaban J connectivity index is 1.80. The summed E-state index contributed by atoms with van der Waals surface area (Å²) in [6.45, 7) is 0.565. The first-order valence-corrected chi connectivity index (χ1v) is 8.04. The number of alkyl carbamates (subject to hydrolysis) is 1. The van der Waals surface area contributed by atoms with Gasteiger partial charge in [0.1, 0.15) is 0 Å². The molecule has 0 fully saturated rings. The van der Waals surface area contributed by atoms with E-state index in [0.29, 0.717) is 5.75 Å². The molecule has 1 aromatic heterocycles. The van der Waals surface area contributed by atoms with Crippen molar-refractivity contribution in [1.29, 1.82) is 0 Å². The third-order valence-corrected chi connectivity index (χ3v) is 3.82. The van der Waals surface area contributed by atoms with Crippen LogP contribution in [-0.2, 0) is 4.74 Å². The van der Waals surface area contributed by atoms with Gasteiger partial charge in [-0.15, -0.1) is 0 Å². The Morgan fingerprint density at radius 2 is 2.21 bits per heavy atom. The fraction of sp³-hybridized carbons (Fsp3) is 0.333. The minimum absolute atomic E-state index is 0.169. The van der Waals surface area contributed by atoms with Crippen molar-refractivity contribution < 1.29 is 22.7 Å². The molecule has 0 saturated carbocycles. The number of hydrogen-bond acceptors (Lipinski definition) is 4. The third kappa shape index (κ3) is 5.80. The van der Waals surface area contributed by atoms with Gasteiger partial charge in [-0.3, -0.25) is 4.57 Å². The van der Waals surface area contributed by atoms with Gasteiger partial charge in [-0.1, -0.05) is 23.9 Å². The predicted octanol–water partition coefficient (Wildman–Crippen LogP) is 3.56. The molecule has 5 nitrogen and oxygen atoms in total. The number of nitrogens with one attached hydrogen (secondary N) is 1. The highest BCUT2D eigenvalue weighted by Crippen LogP contribution is 2.20. The number of carbonyl (C=O) groups is 1. The summed E-state index contributed by atoms with van der Waals surface area (Å²) in [5.74, 6) is 0.448. The number of carbonyl (C=O) groups excluding carboxylic acids is 1. The number of aromatic nitrogens is 2. The van der Waals surface area contributed by atoms with E-state index in [-0.39, 0.29) is 6.54 Å². The average molecular weight is 359 g/mol. The normalized spacial score (nSPS) is 11.3. The van der Waals surface area contributed by atoms with E-state index in [1.807, 2.05) is 42.0 Å². The molecule has 9 heteroatoms. The van der Waals surface area contributed by atoms with Crippen molar-refractivity contribution in [2.75, 3.05) is 18.9 Å². The number of benzene rings is 1. The first-order chi connectivity index (χ1) is 11.3. The fourth-order valence-electron chi connectivity index (χ4n) is 1.86. The van der Waals surface area contributed by atoms with Gasteiger partial charge in [0.05, 0.1) is 0 Å². The number of nitrogens with zero attached hydrogens (tertiary/aromatic N) is 2. The lowest BCUT2D eigenvalue weighted by atomic mass is 10.2. The van der Waals surface area contributed by atoms with E-state index < -0.39 is 18.9 Å². The Bertz CT molecular complexity index is 689. The van der Waals surface area contributed by atoms with Crippen LogP contribution in [0.4, 0.5) is 18.0 Å². The zero-order valence-electron chi connectivity index (χ0n) is 12.8. The molecule has 24 heavy (non-hydrogen) atoms. The van der Waals surface area contributed by atoms with E-state index in [1.165, 1.54) is 11.8 Å². The second kappa shape index (κ2) is 8.09. The van der Waals surface area contributed by atoms with Gasteiger partial charge in [0.2, 0.25) is 0 Å². The van der Waals surface area contributed by atoms with Crippen LogP contribution in [0.25, 0.3) is 5.69 Å². The molecule has 1 N–H and O–H groups in total. The van der Waals surface area contributed by atoms with Crippen molar-refractivity contribution in [1.82, 2.24) is 14.9 Å². The van der Waals surface area contributed by atoms with Gasteiger partial charge in [-0.2, -0.15) is 13.2 Å². The van der Waals surface area contributed by atoms with Crippen LogP contribution < -0.4 is 5.32 Å². The molecule has 1 aromatic carbocycles. The van der Waals surface area contributed by atoms with E-state index in [9.17, 15) is 18.0 Å². The van der Waals surface area contributed by atoms with E-state index in [4.69, 9.17) is 0 Å². The summed E-state index contributed by atoms with van der Waals surface area (Å²) in [5.41, 5.74) is 2.08. The molecule has 0 spiro atoms. The number of ether oxygens (including phenoxy) is 1. The van der Waals surface area contributed by atoms with Crippen molar-refractivity contribution in [2.45, 2.75) is 18.3 Å². The summed E-state index contributed by atoms with van der Waals surface area (Å²) in [6, 6.07) is 7.89. The average Bonchev–Trinajstić information content (AvgIpc) is 2.97. The largest absolute Gasteiger partial charge is 0.440 e. The monoisotopic (exact) mass is 359 g/mol. The smallest absolute Gasteiger partial charge is 0.422 e. The second-order valence-electron chi connectivity index (χ2n) is 4.89. The summed E-state index contributed by atoms with van der Waals surface area (Å²) in [5, 5.41) is 2.99. The summed E-state index contributed by atoms with van der Waals surface area (Å²) in [6.07, 6.45) is -2.13. The summed E-state index contributed by atoms with van der Waals surface area (Å²) >= 11 is 1.38. The van der Waals surface area contributed by atoms with Crippen LogP contribution in [0.5, 0.6) is 0 Å². The highest BCUT2D eigenvalue weighted by Gasteiger charge is 2.29. The third-order valence-electron chi connectivity index (χ3n) is 2.86. The first-order valence-electron chi connectivity index (χ1n) is 7.06. The maximum Gasteiger partial charge on any atom is 0.422 e. The molecule has 1 heterocycles. The Hall–Kier alpha value is -2.16. The van der Waals surface area contributed by atoms with Crippen molar-refractivity contribution in [2.24, 2.45) is 0 Å². The molecule has 0 bridgehead atoms. The highest BCUT2D eigenvalue weighted by atomic mass is 32.2. The van der Waals surface area contributed by atoms with E-state index >= 15 is 0 Å². The van der Waals surface area contributed by atoms with Crippen molar-refractivity contribution in [3.05, 3.63) is 42.2 Å². The van der Waals surface area contributed by atoms with Crippen molar-refractivity contribution in [3.63, 3.8) is 0 Å². The zero-order valence-corrected chi connectivity index (χ0v) is 13.7. The van der Waals surface area contributed by atoms with E-state index in [0.717, 1.165) is 16.4 Å². The van der Waals surface area contributed by atoms with Gasteiger partial charge in [0.25, 0.3) is 0 Å². The van der Waals surface area contributed by atoms with Crippen LogP contribution in [0.2, 0.25) is 0 Å². The zero-order chi connectivity index (χ0) is 17.6. The van der Waals surface area contributed by atoms with Gasteiger partial charge in [-0.25, -0.2) is 9.78 Å². The van der Waals surface area contributed by atoms with Crippen LogP contribution in [0.3, 0.4) is 0 Å². The van der Waals surface area contributed by atoms with Gasteiger partial charge in [-0.05, 0) is 24.6 Å². The van der Waals surface area contributed by atoms with Crippen LogP contribution in [-0.4, -0.2) is 40.7 Å². The predicted molar refractivity (Wildman–Crippen MR) is 84.4 cm³/mol. The summed E-state index contributed by atoms with van der Waals surface area (Å²) in [7, 11) is 0. The molecule has 0 radical (unpaired) electrons. The SMILES string of the molecule is Cc1cccc(-n2ccnc2SCCNC(=O)OCC(F)(F)F)c1. The quantitative estimate of drug-likeness (QED) is 0.633. The molecular weight excluding hydrogens is 343 g/mol. The van der Waals surface area contributed by atoms with Crippen LogP contribution in [0.15, 0.2) is 41.8 Å². The van der Waals surface area contributed by atoms with Gasteiger partial charge < -0.3 is 10.1 Å². The van der Waals surface area contributed by atoms with Crippen LogP contribution >= 0.6 is 11.8 Å². The Labute approximate surface area is 141 Å². The Morgan fingerprint density at radius 1 is 1.42 bits per heavy atom. The minimum atomic E-state index is -4.52. The van der Waals surface area contributed by atoms with Gasteiger partial charge in [0, 0.05) is 30.4 Å². The maximum atomic E-state index is 11.9. The standard InChI is InChI=1S/C15H16F3N3O2S/c1-11-3-2-4-12(9-11)21-7-5-19-13(21)24-8-6-20-14(22)23-10-15(16,17)18/h2-5,7,9H,6,8,10H2,1H3,(H,20,22). The number of thioether (sulfide) groups is 1. The summed E-state index contributed by atoms with van der Waals surface area (Å²) < 4.78 is 41.7. The Morgan fingerprint density at radius 3 is 2.92 bits per heavy atom. The number of alkyl halides is 3. The van der Waals surface area contributed by atoms with Crippen molar-refractivity contribution in [3.8, 4) is 5.69 Å². The topological polar surface area (TPSA) is 56.2 Å². The lowest BCUT2D eigenvalue weighted by Gasteiger charge is -2.10. The molecule has 2 rings (SSSR count). The number of halogens is 3. The molecule has 0 unspecified atom stereocenters. The fourth-order valence-corrected chi connectivity index (χ4v) is 2.69. The molecular formula is C15H16F3N3O2S. The van der Waals surface area contributed by atoms with E-state index in [1.54, 1.807) is 6.20 Å². The van der Waals surface area contributed by atoms with Crippen molar-refractivity contribution >= 4 is 17.9 Å². The minimum Gasteiger partial charge on any atom is -0.440 e. The Kier molecular flexibility index (Phi) is 6.13.